The van der Waals surface area contributed by atoms with E-state index in [0.717, 1.165) is 4.90 Å². The molecule has 4 rings (SSSR count). The molecule has 0 saturated carbocycles. The number of carbonyl (C=O) groups is 1. The average Bonchev–Trinajstić information content (AvgIpc) is 2.87. The maximum absolute atomic E-state index is 12.3. The molecule has 0 radical (unpaired) electrons. The SMILES string of the molecule is C.O=C1OCc2ccc(cc2)S(=O)(=O)O[C@]2(CO)CCCN12. The van der Waals surface area contributed by atoms with Gasteiger partial charge in [0.15, 0.2) is 5.72 Å². The van der Waals surface area contributed by atoms with E-state index in [1.165, 1.54) is 12.1 Å². The van der Waals surface area contributed by atoms with Crippen LogP contribution in [0.5, 0.6) is 0 Å². The van der Waals surface area contributed by atoms with Crippen molar-refractivity contribution in [1.82, 2.24) is 4.90 Å². The number of amides is 1. The first-order chi connectivity index (χ1) is 9.97. The standard InChI is InChI=1S/C13H15NO6S.CH4/c15-9-13-6-1-7-14(13)12(16)19-8-10-2-4-11(5-3-10)21(17,18)20-13;/h2-5,15H,1,6-9H2;1H4/t13-;/m0./s1. The fourth-order valence-corrected chi connectivity index (χ4v) is 3.81. The van der Waals surface area contributed by atoms with E-state index >= 15 is 0 Å². The van der Waals surface area contributed by atoms with Gasteiger partial charge in [-0.25, -0.2) is 8.98 Å². The molecule has 122 valence electrons. The highest BCUT2D eigenvalue weighted by Crippen LogP contribution is 2.35. The van der Waals surface area contributed by atoms with Crippen molar-refractivity contribution in [2.24, 2.45) is 0 Å². The van der Waals surface area contributed by atoms with Crippen LogP contribution in [0.25, 0.3) is 0 Å². The minimum Gasteiger partial charge on any atom is -0.444 e. The summed E-state index contributed by atoms with van der Waals surface area (Å²) in [6.07, 6.45) is 0.0686. The molecular weight excluding hydrogens is 310 g/mol. The van der Waals surface area contributed by atoms with Gasteiger partial charge in [0.2, 0.25) is 0 Å². The second-order valence-electron chi connectivity index (χ2n) is 5.10. The second kappa shape index (κ2) is 5.86. The van der Waals surface area contributed by atoms with E-state index in [-0.39, 0.29) is 31.9 Å². The molecule has 1 aromatic rings. The zero-order valence-corrected chi connectivity index (χ0v) is 12.0. The van der Waals surface area contributed by atoms with Crippen LogP contribution >= 0.6 is 0 Å². The highest BCUT2D eigenvalue weighted by Gasteiger charge is 2.49. The van der Waals surface area contributed by atoms with E-state index in [2.05, 4.69) is 0 Å². The molecular formula is C14H19NO6S. The molecule has 8 heteroatoms. The molecule has 0 aliphatic carbocycles. The van der Waals surface area contributed by atoms with E-state index in [1.54, 1.807) is 12.1 Å². The van der Waals surface area contributed by atoms with Crippen molar-refractivity contribution < 1.29 is 27.2 Å². The number of aliphatic hydroxyl groups is 1. The summed E-state index contributed by atoms with van der Waals surface area (Å²) >= 11 is 0. The van der Waals surface area contributed by atoms with Gasteiger partial charge in [-0.05, 0) is 24.1 Å². The summed E-state index contributed by atoms with van der Waals surface area (Å²) < 4.78 is 35.1. The Kier molecular flexibility index (Phi) is 4.46. The van der Waals surface area contributed by atoms with Crippen molar-refractivity contribution in [3.8, 4) is 0 Å². The van der Waals surface area contributed by atoms with Crippen LogP contribution in [0, 0.1) is 0 Å². The summed E-state index contributed by atoms with van der Waals surface area (Å²) in [5.74, 6) is 0. The van der Waals surface area contributed by atoms with Gasteiger partial charge in [0.1, 0.15) is 6.61 Å². The first-order valence-electron chi connectivity index (χ1n) is 6.57. The second-order valence-corrected chi connectivity index (χ2v) is 6.64. The Hall–Kier alpha value is -1.64. The minimum absolute atomic E-state index is 0. The lowest BCUT2D eigenvalue weighted by Gasteiger charge is -2.34. The van der Waals surface area contributed by atoms with Crippen LogP contribution in [-0.4, -0.2) is 43.4 Å². The van der Waals surface area contributed by atoms with Crippen molar-refractivity contribution in [1.29, 1.82) is 0 Å². The Labute approximate surface area is 129 Å². The van der Waals surface area contributed by atoms with Gasteiger partial charge in [-0.1, -0.05) is 19.6 Å². The summed E-state index contributed by atoms with van der Waals surface area (Å²) in [6, 6.07) is 5.92. The maximum atomic E-state index is 12.3. The smallest absolute Gasteiger partial charge is 0.412 e. The Morgan fingerprint density at radius 3 is 2.59 bits per heavy atom. The highest BCUT2D eigenvalue weighted by atomic mass is 32.2. The molecule has 0 spiro atoms. The zero-order valence-electron chi connectivity index (χ0n) is 11.2. The summed E-state index contributed by atoms with van der Waals surface area (Å²) in [5.41, 5.74) is -0.907. The highest BCUT2D eigenvalue weighted by molar-refractivity contribution is 7.86. The molecule has 3 heterocycles. The van der Waals surface area contributed by atoms with Gasteiger partial charge in [0, 0.05) is 13.0 Å². The van der Waals surface area contributed by atoms with Gasteiger partial charge >= 0.3 is 6.09 Å². The van der Waals surface area contributed by atoms with Gasteiger partial charge in [-0.3, -0.25) is 4.90 Å². The number of rotatable bonds is 1. The molecule has 1 atom stereocenters. The number of hydrogen-bond donors (Lipinski definition) is 1. The predicted octanol–water partition coefficient (Wildman–Crippen LogP) is 1.46. The Morgan fingerprint density at radius 2 is 1.95 bits per heavy atom. The first-order valence-corrected chi connectivity index (χ1v) is 7.98. The molecule has 2 bridgehead atoms. The van der Waals surface area contributed by atoms with Crippen LogP contribution in [0.4, 0.5) is 4.79 Å². The van der Waals surface area contributed by atoms with Gasteiger partial charge in [-0.2, -0.15) is 8.42 Å². The van der Waals surface area contributed by atoms with E-state index < -0.39 is 28.5 Å². The van der Waals surface area contributed by atoms with Crippen molar-refractivity contribution in [2.45, 2.75) is 37.5 Å². The third-order valence-corrected chi connectivity index (χ3v) is 5.13. The van der Waals surface area contributed by atoms with Crippen molar-refractivity contribution in [2.75, 3.05) is 13.2 Å². The fraction of sp³-hybridized carbons (Fsp3) is 0.500. The zero-order chi connectivity index (χ0) is 15.1. The molecule has 1 amide bonds. The third kappa shape index (κ3) is 2.69. The number of nitrogens with zero attached hydrogens (tertiary/aromatic N) is 1. The maximum Gasteiger partial charge on any atom is 0.412 e. The number of carbonyl (C=O) groups excluding carboxylic acids is 1. The van der Waals surface area contributed by atoms with E-state index in [0.29, 0.717) is 12.0 Å². The lowest BCUT2D eigenvalue weighted by Crippen LogP contribution is -2.53. The minimum atomic E-state index is -4.08. The largest absolute Gasteiger partial charge is 0.444 e. The summed E-state index contributed by atoms with van der Waals surface area (Å²) in [5, 5.41) is 9.63. The molecule has 1 N–H and O–H groups in total. The Bertz CT molecular complexity index is 656. The van der Waals surface area contributed by atoms with Crippen LogP contribution in [0.3, 0.4) is 0 Å². The summed E-state index contributed by atoms with van der Waals surface area (Å²) in [7, 11) is -4.08. The normalized spacial score (nSPS) is 26.6. The number of ether oxygens (including phenoxy) is 1. The van der Waals surface area contributed by atoms with E-state index in [9.17, 15) is 18.3 Å². The van der Waals surface area contributed by atoms with Crippen molar-refractivity contribution in [3.63, 3.8) is 0 Å². The molecule has 0 aromatic heterocycles. The fourth-order valence-electron chi connectivity index (χ4n) is 2.61. The summed E-state index contributed by atoms with van der Waals surface area (Å²) in [4.78, 5) is 13.3. The average molecular weight is 329 g/mol. The molecule has 22 heavy (non-hydrogen) atoms. The molecule has 1 saturated heterocycles. The monoisotopic (exact) mass is 329 g/mol. The van der Waals surface area contributed by atoms with Crippen LogP contribution in [-0.2, 0) is 25.6 Å². The van der Waals surface area contributed by atoms with Gasteiger partial charge in [0.25, 0.3) is 10.1 Å². The van der Waals surface area contributed by atoms with Crippen molar-refractivity contribution >= 4 is 16.2 Å². The van der Waals surface area contributed by atoms with Gasteiger partial charge in [-0.15, -0.1) is 0 Å². The predicted molar refractivity (Wildman–Crippen MR) is 77.4 cm³/mol. The molecule has 0 unspecified atom stereocenters. The number of benzene rings is 1. The van der Waals surface area contributed by atoms with E-state index in [1.807, 2.05) is 0 Å². The summed E-state index contributed by atoms with van der Waals surface area (Å²) in [6.45, 7) is -0.295. The molecule has 3 aliphatic heterocycles. The van der Waals surface area contributed by atoms with Crippen LogP contribution < -0.4 is 0 Å². The lowest BCUT2D eigenvalue weighted by atomic mass is 10.2. The molecule has 7 nitrogen and oxygen atoms in total. The van der Waals surface area contributed by atoms with Gasteiger partial charge in [0.05, 0.1) is 11.5 Å². The lowest BCUT2D eigenvalue weighted by molar-refractivity contribution is -0.0804. The van der Waals surface area contributed by atoms with Crippen molar-refractivity contribution in [3.05, 3.63) is 29.8 Å². The third-order valence-electron chi connectivity index (χ3n) is 3.75. The van der Waals surface area contributed by atoms with Crippen LogP contribution in [0.2, 0.25) is 0 Å². The molecule has 1 aromatic carbocycles. The first kappa shape index (κ1) is 16.7. The molecule has 3 aliphatic rings. The number of fused-ring (bicyclic) bond motifs is 5. The number of aliphatic hydroxyl groups excluding tert-OH is 1. The van der Waals surface area contributed by atoms with E-state index in [4.69, 9.17) is 8.92 Å². The van der Waals surface area contributed by atoms with Gasteiger partial charge < -0.3 is 9.84 Å². The number of hydrogen-bond acceptors (Lipinski definition) is 6. The Balaban J connectivity index is 0.00000176. The van der Waals surface area contributed by atoms with Crippen LogP contribution in [0.15, 0.2) is 29.2 Å². The quantitative estimate of drug-likeness (QED) is 0.784. The Morgan fingerprint density at radius 1 is 1.27 bits per heavy atom. The van der Waals surface area contributed by atoms with Crippen LogP contribution in [0.1, 0.15) is 25.8 Å². The molecule has 1 fully saturated rings. The topological polar surface area (TPSA) is 93.1 Å².